The second-order valence-electron chi connectivity index (χ2n) is 3.27. The van der Waals surface area contributed by atoms with Crippen LogP contribution in [0.4, 0.5) is 5.69 Å². The number of primary amides is 1. The first kappa shape index (κ1) is 13.3. The van der Waals surface area contributed by atoms with E-state index in [1.807, 2.05) is 0 Å². The molecule has 3 N–H and O–H groups in total. The standard InChI is InChI=1S/C11H13ClN2O3/c12-7-11(16)14-8-1-3-9(4-2-8)17-6-5-10(13)15/h1-4H,5-7H2,(H2,13,15)(H,14,16). The number of halogens is 1. The zero-order valence-corrected chi connectivity index (χ0v) is 9.87. The van der Waals surface area contributed by atoms with Gasteiger partial charge in [0.15, 0.2) is 0 Å². The summed E-state index contributed by atoms with van der Waals surface area (Å²) in [6, 6.07) is 6.74. The summed E-state index contributed by atoms with van der Waals surface area (Å²) in [6.45, 7) is 0.239. The summed E-state index contributed by atoms with van der Waals surface area (Å²) in [5.41, 5.74) is 5.61. The number of rotatable bonds is 6. The maximum atomic E-state index is 11.0. The van der Waals surface area contributed by atoms with Gasteiger partial charge in [0.25, 0.3) is 0 Å². The Balaban J connectivity index is 2.44. The van der Waals surface area contributed by atoms with Crippen molar-refractivity contribution in [3.8, 4) is 5.75 Å². The Morgan fingerprint density at radius 3 is 2.47 bits per heavy atom. The number of alkyl halides is 1. The number of hydrogen-bond acceptors (Lipinski definition) is 3. The van der Waals surface area contributed by atoms with Gasteiger partial charge < -0.3 is 15.8 Å². The molecule has 0 aliphatic heterocycles. The molecule has 0 atom stereocenters. The molecule has 0 unspecified atom stereocenters. The molecule has 1 aromatic rings. The molecule has 92 valence electrons. The van der Waals surface area contributed by atoms with Crippen LogP contribution in [0, 0.1) is 0 Å². The van der Waals surface area contributed by atoms with Crippen LogP contribution < -0.4 is 15.8 Å². The minimum atomic E-state index is -0.406. The second-order valence-corrected chi connectivity index (χ2v) is 3.54. The van der Waals surface area contributed by atoms with E-state index in [2.05, 4.69) is 5.32 Å². The molecule has 0 aromatic heterocycles. The number of amides is 2. The number of hydrogen-bond donors (Lipinski definition) is 2. The van der Waals surface area contributed by atoms with Crippen LogP contribution in [0.1, 0.15) is 6.42 Å². The smallest absolute Gasteiger partial charge is 0.239 e. The summed E-state index contributed by atoms with van der Waals surface area (Å²) in [4.78, 5) is 21.5. The molecular formula is C11H13ClN2O3. The lowest BCUT2D eigenvalue weighted by Crippen LogP contribution is -2.14. The van der Waals surface area contributed by atoms with E-state index in [0.29, 0.717) is 11.4 Å². The third kappa shape index (κ3) is 5.21. The Morgan fingerprint density at radius 2 is 1.94 bits per heavy atom. The average molecular weight is 257 g/mol. The van der Waals surface area contributed by atoms with Crippen LogP contribution in [0.3, 0.4) is 0 Å². The molecule has 0 saturated carbocycles. The fourth-order valence-electron chi connectivity index (χ4n) is 1.10. The van der Waals surface area contributed by atoms with Crippen molar-refractivity contribution in [2.24, 2.45) is 5.73 Å². The van der Waals surface area contributed by atoms with E-state index in [1.54, 1.807) is 24.3 Å². The Hall–Kier alpha value is -1.75. The zero-order chi connectivity index (χ0) is 12.7. The third-order valence-electron chi connectivity index (χ3n) is 1.88. The highest BCUT2D eigenvalue weighted by Crippen LogP contribution is 2.15. The van der Waals surface area contributed by atoms with Crippen LogP contribution in [0.2, 0.25) is 0 Å². The van der Waals surface area contributed by atoms with Crippen molar-refractivity contribution in [2.45, 2.75) is 6.42 Å². The van der Waals surface area contributed by atoms with Gasteiger partial charge in [0.05, 0.1) is 13.0 Å². The van der Waals surface area contributed by atoms with Gasteiger partial charge >= 0.3 is 0 Å². The second kappa shape index (κ2) is 6.75. The summed E-state index contributed by atoms with van der Waals surface area (Å²) in [7, 11) is 0. The Kier molecular flexibility index (Phi) is 5.29. The highest BCUT2D eigenvalue weighted by atomic mass is 35.5. The lowest BCUT2D eigenvalue weighted by molar-refractivity contribution is -0.118. The summed E-state index contributed by atoms with van der Waals surface area (Å²) in [6.07, 6.45) is 0.171. The van der Waals surface area contributed by atoms with Crippen molar-refractivity contribution in [3.63, 3.8) is 0 Å². The Labute approximate surface area is 104 Å². The lowest BCUT2D eigenvalue weighted by atomic mass is 10.3. The number of nitrogens with two attached hydrogens (primary N) is 1. The number of benzene rings is 1. The summed E-state index contributed by atoms with van der Waals surface area (Å²) in [5, 5.41) is 2.59. The molecule has 2 amide bonds. The number of carbonyl (C=O) groups excluding carboxylic acids is 2. The van der Waals surface area contributed by atoms with Gasteiger partial charge in [-0.25, -0.2) is 0 Å². The van der Waals surface area contributed by atoms with Crippen LogP contribution in [-0.2, 0) is 9.59 Å². The van der Waals surface area contributed by atoms with Crippen LogP contribution in [0.15, 0.2) is 24.3 Å². The molecule has 0 aliphatic carbocycles. The number of anilines is 1. The number of nitrogens with one attached hydrogen (secondary N) is 1. The molecule has 0 bridgehead atoms. The van der Waals surface area contributed by atoms with E-state index in [9.17, 15) is 9.59 Å². The summed E-state index contributed by atoms with van der Waals surface area (Å²) >= 11 is 5.35. The van der Waals surface area contributed by atoms with Crippen molar-refractivity contribution in [3.05, 3.63) is 24.3 Å². The monoisotopic (exact) mass is 256 g/mol. The van der Waals surface area contributed by atoms with Crippen molar-refractivity contribution < 1.29 is 14.3 Å². The van der Waals surface area contributed by atoms with Crippen LogP contribution in [-0.4, -0.2) is 24.3 Å². The first-order valence-electron chi connectivity index (χ1n) is 4.99. The van der Waals surface area contributed by atoms with E-state index in [1.165, 1.54) is 0 Å². The van der Waals surface area contributed by atoms with E-state index in [4.69, 9.17) is 22.1 Å². The molecule has 1 aromatic carbocycles. The maximum absolute atomic E-state index is 11.0. The van der Waals surface area contributed by atoms with Gasteiger partial charge in [0.2, 0.25) is 11.8 Å². The molecule has 0 radical (unpaired) electrons. The molecule has 0 saturated heterocycles. The van der Waals surface area contributed by atoms with Gasteiger partial charge in [0, 0.05) is 5.69 Å². The van der Waals surface area contributed by atoms with Crippen LogP contribution >= 0.6 is 11.6 Å². The van der Waals surface area contributed by atoms with Crippen molar-refractivity contribution >= 4 is 29.1 Å². The zero-order valence-electron chi connectivity index (χ0n) is 9.11. The molecule has 0 aliphatic rings. The Bertz CT molecular complexity index is 392. The molecule has 0 heterocycles. The minimum absolute atomic E-state index is 0.0864. The van der Waals surface area contributed by atoms with Gasteiger partial charge in [-0.05, 0) is 24.3 Å². The minimum Gasteiger partial charge on any atom is -0.493 e. The number of ether oxygens (including phenoxy) is 1. The van der Waals surface area contributed by atoms with Crippen LogP contribution in [0.5, 0.6) is 5.75 Å². The van der Waals surface area contributed by atoms with Gasteiger partial charge in [-0.15, -0.1) is 11.6 Å². The van der Waals surface area contributed by atoms with E-state index in [-0.39, 0.29) is 24.8 Å². The lowest BCUT2D eigenvalue weighted by Gasteiger charge is -2.06. The molecule has 5 nitrogen and oxygen atoms in total. The predicted octanol–water partition coefficient (Wildman–Crippen LogP) is 1.12. The molecule has 17 heavy (non-hydrogen) atoms. The SMILES string of the molecule is NC(=O)CCOc1ccc(NC(=O)CCl)cc1. The van der Waals surface area contributed by atoms with Crippen molar-refractivity contribution in [1.29, 1.82) is 0 Å². The van der Waals surface area contributed by atoms with Gasteiger partial charge in [-0.2, -0.15) is 0 Å². The number of carbonyl (C=O) groups is 2. The normalized spacial score (nSPS) is 9.71. The topological polar surface area (TPSA) is 81.4 Å². The largest absolute Gasteiger partial charge is 0.493 e. The quantitative estimate of drug-likeness (QED) is 0.749. The van der Waals surface area contributed by atoms with Gasteiger partial charge in [-0.1, -0.05) is 0 Å². The van der Waals surface area contributed by atoms with Gasteiger partial charge in [-0.3, -0.25) is 9.59 Å². The highest BCUT2D eigenvalue weighted by Gasteiger charge is 2.01. The molecule has 1 rings (SSSR count). The summed E-state index contributed by atoms with van der Waals surface area (Å²) < 4.78 is 5.26. The van der Waals surface area contributed by atoms with E-state index < -0.39 is 5.91 Å². The van der Waals surface area contributed by atoms with Crippen molar-refractivity contribution in [1.82, 2.24) is 0 Å². The summed E-state index contributed by atoms with van der Waals surface area (Å²) in [5.74, 6) is -0.156. The first-order chi connectivity index (χ1) is 8.11. The van der Waals surface area contributed by atoms with Crippen LogP contribution in [0.25, 0.3) is 0 Å². The molecule has 0 spiro atoms. The van der Waals surface area contributed by atoms with E-state index in [0.717, 1.165) is 0 Å². The Morgan fingerprint density at radius 1 is 1.29 bits per heavy atom. The van der Waals surface area contributed by atoms with Gasteiger partial charge in [0.1, 0.15) is 11.6 Å². The molecule has 0 fully saturated rings. The fourth-order valence-corrected chi connectivity index (χ4v) is 1.17. The average Bonchev–Trinajstić information content (AvgIpc) is 2.31. The van der Waals surface area contributed by atoms with E-state index >= 15 is 0 Å². The molecular weight excluding hydrogens is 244 g/mol. The highest BCUT2D eigenvalue weighted by molar-refractivity contribution is 6.29. The fraction of sp³-hybridized carbons (Fsp3) is 0.273. The van der Waals surface area contributed by atoms with Crippen molar-refractivity contribution in [2.75, 3.05) is 17.8 Å². The first-order valence-corrected chi connectivity index (χ1v) is 5.52. The predicted molar refractivity (Wildman–Crippen MR) is 65.1 cm³/mol. The maximum Gasteiger partial charge on any atom is 0.239 e. The third-order valence-corrected chi connectivity index (χ3v) is 2.12. The molecule has 6 heteroatoms.